The van der Waals surface area contributed by atoms with E-state index in [4.69, 9.17) is 0 Å². The lowest BCUT2D eigenvalue weighted by Crippen LogP contribution is -2.32. The summed E-state index contributed by atoms with van der Waals surface area (Å²) in [6.07, 6.45) is 12.5. The zero-order valence-corrected chi connectivity index (χ0v) is 10.8. The number of hydrogen-bond acceptors (Lipinski definition) is 2. The van der Waals surface area contributed by atoms with Gasteiger partial charge >= 0.3 is 0 Å². The Hall–Kier alpha value is 0.310. The van der Waals surface area contributed by atoms with Gasteiger partial charge in [0.1, 0.15) is 0 Å². The fraction of sp³-hybridized carbons (Fsp3) is 1.00. The second-order valence-corrected chi connectivity index (χ2v) is 6.25. The highest BCUT2D eigenvalue weighted by molar-refractivity contribution is 7.98. The summed E-state index contributed by atoms with van der Waals surface area (Å²) in [4.78, 5) is 0. The highest BCUT2D eigenvalue weighted by Gasteiger charge is 2.27. The molecule has 0 aliphatic heterocycles. The topological polar surface area (TPSA) is 12.0 Å². The van der Waals surface area contributed by atoms with Crippen LogP contribution in [0.15, 0.2) is 0 Å². The summed E-state index contributed by atoms with van der Waals surface area (Å²) in [7, 11) is 0. The van der Waals surface area contributed by atoms with Crippen molar-refractivity contribution in [3.63, 3.8) is 0 Å². The molecule has 2 rings (SSSR count). The van der Waals surface area contributed by atoms with Gasteiger partial charge < -0.3 is 5.32 Å². The Morgan fingerprint density at radius 2 is 1.80 bits per heavy atom. The average molecular weight is 227 g/mol. The largest absolute Gasteiger partial charge is 0.314 e. The molecule has 2 aliphatic carbocycles. The van der Waals surface area contributed by atoms with Crippen LogP contribution >= 0.6 is 11.8 Å². The van der Waals surface area contributed by atoms with Gasteiger partial charge in [-0.15, -0.1) is 0 Å². The molecule has 2 unspecified atom stereocenters. The van der Waals surface area contributed by atoms with Crippen LogP contribution < -0.4 is 5.32 Å². The van der Waals surface area contributed by atoms with Gasteiger partial charge in [0.15, 0.2) is 0 Å². The minimum absolute atomic E-state index is 0.896. The summed E-state index contributed by atoms with van der Waals surface area (Å²) in [5.74, 6) is 3.38. The molecule has 2 aliphatic rings. The van der Waals surface area contributed by atoms with E-state index in [1.54, 1.807) is 0 Å². The van der Waals surface area contributed by atoms with Gasteiger partial charge in [0, 0.05) is 6.04 Å². The third-order valence-electron chi connectivity index (χ3n) is 4.01. The van der Waals surface area contributed by atoms with Gasteiger partial charge in [-0.3, -0.25) is 0 Å². The smallest absolute Gasteiger partial charge is 0.00683 e. The fourth-order valence-electron chi connectivity index (χ4n) is 2.81. The first-order valence-electron chi connectivity index (χ1n) is 6.62. The van der Waals surface area contributed by atoms with Crippen molar-refractivity contribution in [1.29, 1.82) is 0 Å². The standard InChI is InChI=1S/C13H25NS/c1-15-9-8-11-4-2-3-5-12(11)10-14-13-6-7-13/h11-14H,2-10H2,1H3. The monoisotopic (exact) mass is 227 g/mol. The van der Waals surface area contributed by atoms with E-state index < -0.39 is 0 Å². The minimum Gasteiger partial charge on any atom is -0.314 e. The first-order valence-corrected chi connectivity index (χ1v) is 8.02. The van der Waals surface area contributed by atoms with Gasteiger partial charge in [0.2, 0.25) is 0 Å². The Morgan fingerprint density at radius 3 is 2.47 bits per heavy atom. The molecule has 0 aromatic rings. The summed E-state index contributed by atoms with van der Waals surface area (Å²) in [5, 5.41) is 3.73. The van der Waals surface area contributed by atoms with Crippen LogP contribution in [0.25, 0.3) is 0 Å². The first-order chi connectivity index (χ1) is 7.40. The Kier molecular flexibility index (Phi) is 4.83. The molecule has 2 atom stereocenters. The van der Waals surface area contributed by atoms with Gasteiger partial charge in [-0.25, -0.2) is 0 Å². The molecule has 0 saturated heterocycles. The lowest BCUT2D eigenvalue weighted by Gasteiger charge is -2.31. The second-order valence-electron chi connectivity index (χ2n) is 5.27. The third kappa shape index (κ3) is 3.99. The highest BCUT2D eigenvalue weighted by atomic mass is 32.2. The molecule has 0 aromatic carbocycles. The van der Waals surface area contributed by atoms with E-state index in [0.717, 1.165) is 17.9 Å². The molecule has 0 spiro atoms. The first kappa shape index (κ1) is 11.8. The van der Waals surface area contributed by atoms with E-state index in [9.17, 15) is 0 Å². The van der Waals surface area contributed by atoms with Crippen molar-refractivity contribution in [2.45, 2.75) is 51.0 Å². The number of thioether (sulfide) groups is 1. The SMILES string of the molecule is CSCCC1CCCCC1CNC1CC1. The summed E-state index contributed by atoms with van der Waals surface area (Å²) < 4.78 is 0. The lowest BCUT2D eigenvalue weighted by atomic mass is 9.78. The molecule has 88 valence electrons. The number of nitrogens with one attached hydrogen (secondary N) is 1. The fourth-order valence-corrected chi connectivity index (χ4v) is 3.35. The Bertz CT molecular complexity index is 179. The normalized spacial score (nSPS) is 31.8. The van der Waals surface area contributed by atoms with Crippen LogP contribution in [-0.2, 0) is 0 Å². The zero-order chi connectivity index (χ0) is 10.5. The van der Waals surface area contributed by atoms with Crippen molar-refractivity contribution in [3.05, 3.63) is 0 Å². The molecular weight excluding hydrogens is 202 g/mol. The second kappa shape index (κ2) is 6.15. The molecule has 0 amide bonds. The molecule has 2 saturated carbocycles. The van der Waals surface area contributed by atoms with Crippen LogP contribution in [0.2, 0.25) is 0 Å². The average Bonchev–Trinajstić information content (AvgIpc) is 3.08. The molecule has 0 aromatic heterocycles. The van der Waals surface area contributed by atoms with Crippen LogP contribution in [0, 0.1) is 11.8 Å². The van der Waals surface area contributed by atoms with E-state index in [1.165, 1.54) is 57.2 Å². The zero-order valence-electron chi connectivity index (χ0n) is 10.0. The van der Waals surface area contributed by atoms with Crippen LogP contribution in [0.1, 0.15) is 44.9 Å². The summed E-state index contributed by atoms with van der Waals surface area (Å²) in [5.41, 5.74) is 0. The highest BCUT2D eigenvalue weighted by Crippen LogP contribution is 2.33. The van der Waals surface area contributed by atoms with Gasteiger partial charge in [0.25, 0.3) is 0 Å². The molecule has 15 heavy (non-hydrogen) atoms. The quantitative estimate of drug-likeness (QED) is 0.747. The van der Waals surface area contributed by atoms with Crippen LogP contribution in [0.5, 0.6) is 0 Å². The van der Waals surface area contributed by atoms with Crippen molar-refractivity contribution in [2.24, 2.45) is 11.8 Å². The van der Waals surface area contributed by atoms with E-state index in [-0.39, 0.29) is 0 Å². The Morgan fingerprint density at radius 1 is 1.07 bits per heavy atom. The molecule has 0 heterocycles. The molecule has 0 radical (unpaired) electrons. The maximum Gasteiger partial charge on any atom is 0.00683 e. The van der Waals surface area contributed by atoms with E-state index in [0.29, 0.717) is 0 Å². The van der Waals surface area contributed by atoms with Crippen molar-refractivity contribution in [2.75, 3.05) is 18.6 Å². The van der Waals surface area contributed by atoms with Crippen molar-refractivity contribution in [1.82, 2.24) is 5.32 Å². The number of hydrogen-bond donors (Lipinski definition) is 1. The van der Waals surface area contributed by atoms with Gasteiger partial charge in [0.05, 0.1) is 0 Å². The van der Waals surface area contributed by atoms with E-state index in [2.05, 4.69) is 11.6 Å². The summed E-state index contributed by atoms with van der Waals surface area (Å²) in [6, 6.07) is 0.896. The Balaban J connectivity index is 1.70. The molecule has 2 heteroatoms. The summed E-state index contributed by atoms with van der Waals surface area (Å²) in [6.45, 7) is 1.31. The van der Waals surface area contributed by atoms with Crippen LogP contribution in [-0.4, -0.2) is 24.6 Å². The van der Waals surface area contributed by atoms with Gasteiger partial charge in [-0.1, -0.05) is 19.3 Å². The van der Waals surface area contributed by atoms with E-state index in [1.807, 2.05) is 11.8 Å². The molecular formula is C13H25NS. The van der Waals surface area contributed by atoms with E-state index >= 15 is 0 Å². The molecule has 0 bridgehead atoms. The maximum atomic E-state index is 3.73. The third-order valence-corrected chi connectivity index (χ3v) is 4.65. The van der Waals surface area contributed by atoms with Crippen LogP contribution in [0.3, 0.4) is 0 Å². The lowest BCUT2D eigenvalue weighted by molar-refractivity contribution is 0.224. The Labute approximate surface area is 98.8 Å². The minimum atomic E-state index is 0.896. The van der Waals surface area contributed by atoms with Crippen molar-refractivity contribution >= 4 is 11.8 Å². The molecule has 2 fully saturated rings. The maximum absolute atomic E-state index is 3.73. The van der Waals surface area contributed by atoms with Crippen molar-refractivity contribution in [3.8, 4) is 0 Å². The molecule has 1 N–H and O–H groups in total. The summed E-state index contributed by atoms with van der Waals surface area (Å²) >= 11 is 2.01. The molecule has 1 nitrogen and oxygen atoms in total. The predicted octanol–water partition coefficient (Wildman–Crippen LogP) is 3.30. The van der Waals surface area contributed by atoms with Crippen molar-refractivity contribution < 1.29 is 0 Å². The van der Waals surface area contributed by atoms with Gasteiger partial charge in [-0.05, 0) is 56.1 Å². The van der Waals surface area contributed by atoms with Gasteiger partial charge in [-0.2, -0.15) is 11.8 Å². The number of rotatable bonds is 6. The predicted molar refractivity (Wildman–Crippen MR) is 69.5 cm³/mol. The van der Waals surface area contributed by atoms with Crippen LogP contribution in [0.4, 0.5) is 0 Å².